The SMILES string of the molecule is c1ccc(-c2nc3c(ccc4sc5cc(-c6ccc(N(c7ccc(-c8cccc9ccccc89)cc7)c7ccc8oc9ccccc9c8c7)cc6)ccc5c43)s2)cc1. The van der Waals surface area contributed by atoms with Crippen molar-refractivity contribution in [1.29, 1.82) is 0 Å². The fourth-order valence-corrected chi connectivity index (χ4v) is 10.6. The topological polar surface area (TPSA) is 29.3 Å². The molecule has 0 fully saturated rings. The van der Waals surface area contributed by atoms with Crippen molar-refractivity contribution in [2.75, 3.05) is 4.90 Å². The molecule has 3 aromatic heterocycles. The third-order valence-corrected chi connectivity index (χ3v) is 13.5. The zero-order valence-corrected chi connectivity index (χ0v) is 32.7. The van der Waals surface area contributed by atoms with Gasteiger partial charge in [-0.3, -0.25) is 0 Å². The minimum absolute atomic E-state index is 0.885. The molecule has 0 saturated heterocycles. The van der Waals surface area contributed by atoms with Gasteiger partial charge in [0.2, 0.25) is 0 Å². The lowest BCUT2D eigenvalue weighted by Crippen LogP contribution is -2.09. The van der Waals surface area contributed by atoms with Gasteiger partial charge in [0.1, 0.15) is 16.2 Å². The lowest BCUT2D eigenvalue weighted by Gasteiger charge is -2.26. The van der Waals surface area contributed by atoms with E-state index in [0.29, 0.717) is 0 Å². The monoisotopic (exact) mass is 776 g/mol. The average molecular weight is 777 g/mol. The van der Waals surface area contributed by atoms with Crippen LogP contribution >= 0.6 is 22.7 Å². The van der Waals surface area contributed by atoms with Crippen molar-refractivity contribution in [3.63, 3.8) is 0 Å². The molecule has 12 aromatic rings. The third kappa shape index (κ3) is 5.43. The number of rotatable bonds is 6. The normalized spacial score (nSPS) is 11.8. The Morgan fingerprint density at radius 3 is 1.91 bits per heavy atom. The Bertz CT molecular complexity index is 3500. The number of thiazole rings is 1. The maximum atomic E-state index is 6.23. The molecule has 3 heterocycles. The highest BCUT2D eigenvalue weighted by Crippen LogP contribution is 2.44. The van der Waals surface area contributed by atoms with Crippen LogP contribution in [0, 0.1) is 0 Å². The number of anilines is 3. The van der Waals surface area contributed by atoms with Crippen molar-refractivity contribution >= 4 is 103 Å². The molecule has 0 amide bonds. The molecule has 0 aliphatic heterocycles. The molecule has 9 aromatic carbocycles. The van der Waals surface area contributed by atoms with E-state index >= 15 is 0 Å². The number of fused-ring (bicyclic) bond motifs is 9. The van der Waals surface area contributed by atoms with Crippen LogP contribution in [0.1, 0.15) is 0 Å². The molecule has 0 N–H and O–H groups in total. The van der Waals surface area contributed by atoms with E-state index in [2.05, 4.69) is 187 Å². The smallest absolute Gasteiger partial charge is 0.135 e. The lowest BCUT2D eigenvalue weighted by atomic mass is 9.98. The molecule has 0 atom stereocenters. The maximum Gasteiger partial charge on any atom is 0.135 e. The molecule has 0 aliphatic carbocycles. The molecule has 0 saturated carbocycles. The summed E-state index contributed by atoms with van der Waals surface area (Å²) in [5.74, 6) is 0. The van der Waals surface area contributed by atoms with Crippen LogP contribution in [0.4, 0.5) is 17.1 Å². The molecule has 0 aliphatic rings. The molecule has 0 bridgehead atoms. The van der Waals surface area contributed by atoms with E-state index in [-0.39, 0.29) is 0 Å². The van der Waals surface area contributed by atoms with Crippen molar-refractivity contribution in [3.05, 3.63) is 194 Å². The largest absolute Gasteiger partial charge is 0.456 e. The Balaban J connectivity index is 0.936. The maximum absolute atomic E-state index is 6.23. The molecule has 0 unspecified atom stereocenters. The Morgan fingerprint density at radius 2 is 1.07 bits per heavy atom. The first-order chi connectivity index (χ1) is 28.7. The van der Waals surface area contributed by atoms with E-state index in [1.807, 2.05) is 23.5 Å². The van der Waals surface area contributed by atoms with Crippen LogP contribution in [0.5, 0.6) is 0 Å². The van der Waals surface area contributed by atoms with Crippen LogP contribution in [-0.2, 0) is 0 Å². The first-order valence-corrected chi connectivity index (χ1v) is 21.1. The second-order valence-electron chi connectivity index (χ2n) is 14.7. The summed E-state index contributed by atoms with van der Waals surface area (Å²) >= 11 is 3.61. The van der Waals surface area contributed by atoms with Gasteiger partial charge in [-0.1, -0.05) is 127 Å². The summed E-state index contributed by atoms with van der Waals surface area (Å²) < 4.78 is 9.99. The second kappa shape index (κ2) is 13.3. The fourth-order valence-electron chi connectivity index (χ4n) is 8.51. The molecule has 0 radical (unpaired) electrons. The predicted octanol–water partition coefficient (Wildman–Crippen LogP) is 16.2. The second-order valence-corrected chi connectivity index (χ2v) is 16.8. The Labute approximate surface area is 342 Å². The van der Waals surface area contributed by atoms with Crippen molar-refractivity contribution < 1.29 is 4.42 Å². The number of hydrogen-bond donors (Lipinski definition) is 0. The van der Waals surface area contributed by atoms with Gasteiger partial charge in [-0.25, -0.2) is 4.98 Å². The molecule has 12 rings (SSSR count). The molecule has 5 heteroatoms. The minimum atomic E-state index is 0.885. The van der Waals surface area contributed by atoms with Gasteiger partial charge in [-0.05, 0) is 99.8 Å². The number of nitrogens with zero attached hydrogens (tertiary/aromatic N) is 2. The van der Waals surface area contributed by atoms with Crippen LogP contribution in [0.25, 0.3) is 95.9 Å². The minimum Gasteiger partial charge on any atom is -0.456 e. The van der Waals surface area contributed by atoms with Crippen LogP contribution in [0.15, 0.2) is 199 Å². The van der Waals surface area contributed by atoms with Crippen LogP contribution in [-0.4, -0.2) is 4.98 Å². The summed E-state index contributed by atoms with van der Waals surface area (Å²) in [7, 11) is 0. The van der Waals surface area contributed by atoms with Crippen LogP contribution in [0.3, 0.4) is 0 Å². The third-order valence-electron chi connectivity index (χ3n) is 11.3. The molecular formula is C53H32N2OS2. The van der Waals surface area contributed by atoms with Gasteiger partial charge in [-0.15, -0.1) is 22.7 Å². The van der Waals surface area contributed by atoms with Gasteiger partial charge in [0.05, 0.1) is 10.2 Å². The van der Waals surface area contributed by atoms with Crippen molar-refractivity contribution in [3.8, 4) is 32.8 Å². The molecular weight excluding hydrogens is 745 g/mol. The Kier molecular flexibility index (Phi) is 7.58. The van der Waals surface area contributed by atoms with Gasteiger partial charge in [0, 0.05) is 53.6 Å². The zero-order valence-electron chi connectivity index (χ0n) is 31.1. The quantitative estimate of drug-likeness (QED) is 0.168. The number of benzene rings is 9. The molecule has 3 nitrogen and oxygen atoms in total. The average Bonchev–Trinajstić information content (AvgIpc) is 4.00. The van der Waals surface area contributed by atoms with Crippen molar-refractivity contribution in [2.45, 2.75) is 0 Å². The summed E-state index contributed by atoms with van der Waals surface area (Å²) in [6.07, 6.45) is 0. The van der Waals surface area contributed by atoms with Gasteiger partial charge in [0.15, 0.2) is 0 Å². The van der Waals surface area contributed by atoms with Gasteiger partial charge in [-0.2, -0.15) is 0 Å². The fraction of sp³-hybridized carbons (Fsp3) is 0. The number of furan rings is 1. The lowest BCUT2D eigenvalue weighted by molar-refractivity contribution is 0.669. The summed E-state index contributed by atoms with van der Waals surface area (Å²) in [6.45, 7) is 0. The van der Waals surface area contributed by atoms with Crippen LogP contribution in [0.2, 0.25) is 0 Å². The first-order valence-electron chi connectivity index (χ1n) is 19.4. The van der Waals surface area contributed by atoms with E-state index in [1.165, 1.54) is 57.9 Å². The number of aromatic nitrogens is 1. The van der Waals surface area contributed by atoms with Gasteiger partial charge in [0.25, 0.3) is 0 Å². The van der Waals surface area contributed by atoms with Crippen molar-refractivity contribution in [2.24, 2.45) is 0 Å². The number of hydrogen-bond acceptors (Lipinski definition) is 5. The Hall–Kier alpha value is -7.05. The van der Waals surface area contributed by atoms with Gasteiger partial charge < -0.3 is 9.32 Å². The van der Waals surface area contributed by atoms with E-state index in [0.717, 1.165) is 55.1 Å². The summed E-state index contributed by atoms with van der Waals surface area (Å²) in [4.78, 5) is 7.51. The highest BCUT2D eigenvalue weighted by Gasteiger charge is 2.18. The summed E-state index contributed by atoms with van der Waals surface area (Å²) in [5, 5.41) is 8.29. The Morgan fingerprint density at radius 1 is 0.397 bits per heavy atom. The van der Waals surface area contributed by atoms with Crippen LogP contribution < -0.4 is 4.90 Å². The standard InChI is InChI=1S/C53H32N2OS2/c1-2-10-36(11-3-1)53-54-52-49(58-53)30-29-48-51(52)44-27-21-37(31-50(44)57-48)33-17-22-38(23-18-33)55(40-26-28-47-45(32-40)43-14-6-7-16-46(43)56-47)39-24-19-35(20-25-39)42-15-8-12-34-9-4-5-13-41(34)42/h1-32H. The molecule has 0 spiro atoms. The summed E-state index contributed by atoms with van der Waals surface area (Å²) in [6, 6.07) is 69.7. The summed E-state index contributed by atoms with van der Waals surface area (Å²) in [5.41, 5.74) is 12.1. The number of thiophene rings is 1. The van der Waals surface area contributed by atoms with E-state index in [9.17, 15) is 0 Å². The van der Waals surface area contributed by atoms with E-state index < -0.39 is 0 Å². The van der Waals surface area contributed by atoms with E-state index in [1.54, 1.807) is 11.3 Å². The highest BCUT2D eigenvalue weighted by molar-refractivity contribution is 7.26. The first kappa shape index (κ1) is 33.1. The zero-order chi connectivity index (χ0) is 38.2. The molecule has 272 valence electrons. The van der Waals surface area contributed by atoms with E-state index in [4.69, 9.17) is 9.40 Å². The van der Waals surface area contributed by atoms with Gasteiger partial charge >= 0.3 is 0 Å². The molecule has 58 heavy (non-hydrogen) atoms. The predicted molar refractivity (Wildman–Crippen MR) is 248 cm³/mol. The highest BCUT2D eigenvalue weighted by atomic mass is 32.1. The van der Waals surface area contributed by atoms with Crippen molar-refractivity contribution in [1.82, 2.24) is 4.98 Å². The number of para-hydroxylation sites is 1.